The number of aryl methyl sites for hydroxylation is 1. The number of hydrogen-bond donors (Lipinski definition) is 1. The van der Waals surface area contributed by atoms with E-state index in [4.69, 9.17) is 4.74 Å². The molecule has 2 aliphatic carbocycles. The Morgan fingerprint density at radius 2 is 1.57 bits per heavy atom. The molecule has 3 aliphatic rings. The van der Waals surface area contributed by atoms with Crippen molar-refractivity contribution in [3.05, 3.63) is 149 Å². The van der Waals surface area contributed by atoms with E-state index in [1.54, 1.807) is 12.3 Å². The van der Waals surface area contributed by atoms with Crippen LogP contribution in [0.4, 0.5) is 0 Å². The summed E-state index contributed by atoms with van der Waals surface area (Å²) in [6.07, 6.45) is 20.4. The van der Waals surface area contributed by atoms with E-state index in [-0.39, 0.29) is 11.7 Å². The lowest BCUT2D eigenvalue weighted by Crippen LogP contribution is -2.37. The standard InChI is InChI=1S/C30H23NO2.C6H7N/c32-30(23-14-17-29(31-19-23)33-24-7-2-1-3-8-24)22-11-10-21-13-15-26-25-9-5-4-6-20(25)12-16-27(26)28(21)18-22;1-2-4-6-7-5-3-1/h1-9,13-19,22H,10-12H2;1-7H. The molecule has 4 heteroatoms. The average Bonchev–Trinajstić information content (AvgIpc) is 3.35. The number of hydrogen-bond acceptors (Lipinski definition) is 4. The highest BCUT2D eigenvalue weighted by atomic mass is 16.5. The highest BCUT2D eigenvalue weighted by molar-refractivity contribution is 6.01. The number of Topliss-reactive ketones (excluding diaryl/α,β-unsaturated/α-hetero) is 1. The number of aromatic nitrogens is 1. The smallest absolute Gasteiger partial charge is 0.219 e. The highest BCUT2D eigenvalue weighted by Gasteiger charge is 2.23. The average molecular weight is 523 g/mol. The van der Waals surface area contributed by atoms with Crippen molar-refractivity contribution < 1.29 is 9.53 Å². The van der Waals surface area contributed by atoms with Crippen LogP contribution in [-0.2, 0) is 12.8 Å². The lowest BCUT2D eigenvalue weighted by atomic mass is 9.82. The number of nitrogens with zero attached hydrogens (tertiary/aromatic N) is 1. The Labute approximate surface area is 234 Å². The molecule has 1 unspecified atom stereocenters. The van der Waals surface area contributed by atoms with Gasteiger partial charge in [-0.1, -0.05) is 78.9 Å². The molecule has 0 radical (unpaired) electrons. The molecule has 4 nitrogen and oxygen atoms in total. The maximum absolute atomic E-state index is 13.3. The Hall–Kier alpha value is -4.96. The first kappa shape index (κ1) is 25.3. The summed E-state index contributed by atoms with van der Waals surface area (Å²) in [4.78, 5) is 17.7. The topological polar surface area (TPSA) is 51.2 Å². The third kappa shape index (κ3) is 5.57. The molecule has 1 N–H and O–H groups in total. The van der Waals surface area contributed by atoms with Crippen molar-refractivity contribution in [2.75, 3.05) is 0 Å². The molecule has 0 amide bonds. The Kier molecular flexibility index (Phi) is 7.49. The van der Waals surface area contributed by atoms with Gasteiger partial charge in [-0.25, -0.2) is 4.98 Å². The predicted molar refractivity (Wildman–Crippen MR) is 161 cm³/mol. The second-order valence-electron chi connectivity index (χ2n) is 9.91. The molecule has 2 heterocycles. The summed E-state index contributed by atoms with van der Waals surface area (Å²) >= 11 is 0. The van der Waals surface area contributed by atoms with Crippen LogP contribution in [0.3, 0.4) is 0 Å². The van der Waals surface area contributed by atoms with Gasteiger partial charge in [-0.3, -0.25) is 4.79 Å². The number of carbonyl (C=O) groups excluding carboxylic acids is 1. The van der Waals surface area contributed by atoms with Crippen LogP contribution in [0.1, 0.15) is 27.9 Å². The van der Waals surface area contributed by atoms with Crippen molar-refractivity contribution in [1.82, 2.24) is 10.3 Å². The van der Waals surface area contributed by atoms with Crippen LogP contribution in [-0.4, -0.2) is 10.8 Å². The van der Waals surface area contributed by atoms with Crippen LogP contribution in [0.2, 0.25) is 0 Å². The minimum Gasteiger partial charge on any atom is -0.439 e. The van der Waals surface area contributed by atoms with E-state index in [2.05, 4.69) is 58.9 Å². The quantitative estimate of drug-likeness (QED) is 0.321. The first-order chi connectivity index (χ1) is 19.8. The van der Waals surface area contributed by atoms with Gasteiger partial charge in [0.2, 0.25) is 5.88 Å². The Balaban J connectivity index is 0.000000363. The maximum Gasteiger partial charge on any atom is 0.219 e. The van der Waals surface area contributed by atoms with Gasteiger partial charge in [0.1, 0.15) is 5.75 Å². The third-order valence-corrected chi connectivity index (χ3v) is 7.35. The Morgan fingerprint density at radius 1 is 0.775 bits per heavy atom. The van der Waals surface area contributed by atoms with Crippen molar-refractivity contribution in [3.63, 3.8) is 0 Å². The second-order valence-corrected chi connectivity index (χ2v) is 9.91. The Bertz CT molecular complexity index is 1720. The Morgan fingerprint density at radius 3 is 2.38 bits per heavy atom. The van der Waals surface area contributed by atoms with Crippen molar-refractivity contribution >= 4 is 17.9 Å². The van der Waals surface area contributed by atoms with E-state index in [9.17, 15) is 4.79 Å². The van der Waals surface area contributed by atoms with Gasteiger partial charge in [0.15, 0.2) is 5.78 Å². The van der Waals surface area contributed by atoms with Crippen LogP contribution in [0, 0.1) is 5.92 Å². The van der Waals surface area contributed by atoms with E-state index in [0.717, 1.165) is 25.0 Å². The number of nitrogens with one attached hydrogen (secondary N) is 1. The molecule has 7 rings (SSSR count). The number of pyridine rings is 1. The normalized spacial score (nSPS) is 15.8. The van der Waals surface area contributed by atoms with Gasteiger partial charge >= 0.3 is 0 Å². The van der Waals surface area contributed by atoms with Gasteiger partial charge in [0.25, 0.3) is 0 Å². The first-order valence-corrected chi connectivity index (χ1v) is 13.7. The zero-order valence-electron chi connectivity index (χ0n) is 22.2. The second kappa shape index (κ2) is 11.8. The molecule has 1 aliphatic heterocycles. The lowest BCUT2D eigenvalue weighted by Gasteiger charge is -2.21. The number of ketones is 1. The molecule has 0 saturated carbocycles. The summed E-state index contributed by atoms with van der Waals surface area (Å²) in [7, 11) is 0. The number of allylic oxidation sites excluding steroid dienone is 4. The highest BCUT2D eigenvalue weighted by Crippen LogP contribution is 2.26. The number of para-hydroxylation sites is 1. The monoisotopic (exact) mass is 522 g/mol. The molecule has 0 saturated heterocycles. The molecule has 1 aromatic heterocycles. The summed E-state index contributed by atoms with van der Waals surface area (Å²) < 4.78 is 5.76. The minimum atomic E-state index is -0.141. The van der Waals surface area contributed by atoms with Gasteiger partial charge in [0, 0.05) is 36.1 Å². The largest absolute Gasteiger partial charge is 0.439 e. The zero-order valence-corrected chi connectivity index (χ0v) is 22.2. The first-order valence-electron chi connectivity index (χ1n) is 13.7. The van der Waals surface area contributed by atoms with E-state index in [0.29, 0.717) is 11.4 Å². The lowest BCUT2D eigenvalue weighted by molar-refractivity contribution is 0.0946. The molecule has 3 aromatic carbocycles. The number of carbonyl (C=O) groups is 1. The number of rotatable bonds is 4. The minimum absolute atomic E-state index is 0.119. The summed E-state index contributed by atoms with van der Waals surface area (Å²) in [6.45, 7) is 0. The molecular formula is C36H30N2O2. The molecule has 0 spiro atoms. The summed E-state index contributed by atoms with van der Waals surface area (Å²) in [6, 6.07) is 26.2. The van der Waals surface area contributed by atoms with Gasteiger partial charge < -0.3 is 10.1 Å². The van der Waals surface area contributed by atoms with E-state index < -0.39 is 0 Å². The number of benzene rings is 3. The van der Waals surface area contributed by atoms with Crippen molar-refractivity contribution in [2.24, 2.45) is 5.92 Å². The van der Waals surface area contributed by atoms with Crippen molar-refractivity contribution in [3.8, 4) is 22.8 Å². The van der Waals surface area contributed by atoms with E-state index >= 15 is 0 Å². The van der Waals surface area contributed by atoms with E-state index in [1.807, 2.05) is 73.1 Å². The maximum atomic E-state index is 13.3. The molecule has 40 heavy (non-hydrogen) atoms. The molecule has 0 bridgehead atoms. The van der Waals surface area contributed by atoms with Crippen molar-refractivity contribution in [2.45, 2.75) is 19.3 Å². The van der Waals surface area contributed by atoms with Gasteiger partial charge in [-0.2, -0.15) is 0 Å². The molecular weight excluding hydrogens is 492 g/mol. The van der Waals surface area contributed by atoms with Crippen LogP contribution >= 0.6 is 0 Å². The van der Waals surface area contributed by atoms with Crippen LogP contribution in [0.5, 0.6) is 11.6 Å². The molecule has 1 atom stereocenters. The van der Waals surface area contributed by atoms with E-state index in [1.165, 1.54) is 32.7 Å². The van der Waals surface area contributed by atoms with Crippen LogP contribution < -0.4 is 20.5 Å². The fourth-order valence-electron chi connectivity index (χ4n) is 5.34. The summed E-state index contributed by atoms with van der Waals surface area (Å²) in [5.41, 5.74) is 5.89. The fourth-order valence-corrected chi connectivity index (χ4v) is 5.34. The molecule has 0 fully saturated rings. The summed E-state index contributed by atoms with van der Waals surface area (Å²) in [5.74, 6) is 1.19. The van der Waals surface area contributed by atoms with Crippen LogP contribution in [0.15, 0.2) is 122 Å². The number of fused-ring (bicyclic) bond motifs is 5. The van der Waals surface area contributed by atoms with Crippen LogP contribution in [0.25, 0.3) is 23.3 Å². The summed E-state index contributed by atoms with van der Waals surface area (Å²) in [5, 5.41) is 5.42. The molecule has 4 aromatic rings. The van der Waals surface area contributed by atoms with Gasteiger partial charge in [-0.15, -0.1) is 0 Å². The fraction of sp³-hybridized carbons (Fsp3) is 0.111. The third-order valence-electron chi connectivity index (χ3n) is 7.35. The SMILES string of the molecule is C1=CC=CNC=C1.O=C(c1ccc(Oc2ccccc2)nc1)C1C=c2c(ccc3c2=CCc2ccccc2-3)CC1. The zero-order chi connectivity index (χ0) is 27.1. The number of ether oxygens (including phenoxy) is 1. The predicted octanol–water partition coefficient (Wildman–Crippen LogP) is 6.28. The van der Waals surface area contributed by atoms with Gasteiger partial charge in [-0.05, 0) is 82.3 Å². The molecule has 196 valence electrons. The van der Waals surface area contributed by atoms with Crippen molar-refractivity contribution in [1.29, 1.82) is 0 Å². The van der Waals surface area contributed by atoms with Gasteiger partial charge in [0.05, 0.1) is 0 Å².